The van der Waals surface area contributed by atoms with Gasteiger partial charge in [0.25, 0.3) is 5.91 Å². The van der Waals surface area contributed by atoms with Crippen LogP contribution in [0.4, 0.5) is 5.69 Å². The molecule has 1 amide bonds. The molecule has 0 saturated heterocycles. The Labute approximate surface area is 106 Å². The molecule has 1 aromatic heterocycles. The van der Waals surface area contributed by atoms with Crippen molar-refractivity contribution in [1.29, 1.82) is 0 Å². The van der Waals surface area contributed by atoms with E-state index in [1.54, 1.807) is 5.51 Å². The first kappa shape index (κ1) is 11.3. The molecule has 3 nitrogen and oxygen atoms in total. The number of anilines is 1. The van der Waals surface area contributed by atoms with E-state index >= 15 is 0 Å². The lowest BCUT2D eigenvalue weighted by Crippen LogP contribution is -2.13. The van der Waals surface area contributed by atoms with Gasteiger partial charge < -0.3 is 5.32 Å². The summed E-state index contributed by atoms with van der Waals surface area (Å²) in [6.07, 6.45) is 0. The molecule has 2 aromatic rings. The molecule has 1 aromatic carbocycles. The number of thiazole rings is 1. The molecule has 16 heavy (non-hydrogen) atoms. The monoisotopic (exact) mass is 296 g/mol. The van der Waals surface area contributed by atoms with Crippen LogP contribution in [0, 0.1) is 6.92 Å². The van der Waals surface area contributed by atoms with Crippen LogP contribution in [0.1, 0.15) is 15.4 Å². The van der Waals surface area contributed by atoms with Gasteiger partial charge in [-0.05, 0) is 25.1 Å². The van der Waals surface area contributed by atoms with Crippen molar-refractivity contribution in [2.75, 3.05) is 5.32 Å². The van der Waals surface area contributed by atoms with Crippen LogP contribution in [0.2, 0.25) is 0 Å². The van der Waals surface area contributed by atoms with E-state index < -0.39 is 0 Å². The van der Waals surface area contributed by atoms with Gasteiger partial charge in [0.15, 0.2) is 0 Å². The maximum Gasteiger partial charge on any atom is 0.275 e. The summed E-state index contributed by atoms with van der Waals surface area (Å²) in [6, 6.07) is 7.46. The predicted molar refractivity (Wildman–Crippen MR) is 68.9 cm³/mol. The summed E-state index contributed by atoms with van der Waals surface area (Å²) in [5, 5.41) is 2.80. The Bertz CT molecular complexity index is 524. The SMILES string of the molecule is Cc1scnc1C(=O)Nc1cccc(Br)c1. The van der Waals surface area contributed by atoms with Crippen molar-refractivity contribution in [2.45, 2.75) is 6.92 Å². The van der Waals surface area contributed by atoms with E-state index in [0.717, 1.165) is 15.0 Å². The topological polar surface area (TPSA) is 42.0 Å². The molecule has 5 heteroatoms. The minimum atomic E-state index is -0.170. The maximum absolute atomic E-state index is 11.8. The number of aryl methyl sites for hydroxylation is 1. The summed E-state index contributed by atoms with van der Waals surface area (Å²) in [5.74, 6) is -0.170. The summed E-state index contributed by atoms with van der Waals surface area (Å²) >= 11 is 4.82. The van der Waals surface area contributed by atoms with Gasteiger partial charge in [-0.2, -0.15) is 0 Å². The van der Waals surface area contributed by atoms with Crippen LogP contribution < -0.4 is 5.32 Å². The van der Waals surface area contributed by atoms with Crippen molar-refractivity contribution in [3.05, 3.63) is 44.8 Å². The van der Waals surface area contributed by atoms with Crippen molar-refractivity contribution in [3.8, 4) is 0 Å². The number of nitrogens with zero attached hydrogens (tertiary/aromatic N) is 1. The number of amides is 1. The first-order valence-electron chi connectivity index (χ1n) is 4.64. The molecule has 0 unspecified atom stereocenters. The van der Waals surface area contributed by atoms with Gasteiger partial charge in [-0.1, -0.05) is 22.0 Å². The number of aromatic nitrogens is 1. The average molecular weight is 297 g/mol. The molecule has 0 radical (unpaired) electrons. The second-order valence-electron chi connectivity index (χ2n) is 3.22. The molecule has 0 saturated carbocycles. The zero-order valence-corrected chi connectivity index (χ0v) is 10.9. The molecule has 0 aliphatic heterocycles. The van der Waals surface area contributed by atoms with Gasteiger partial charge in [0.1, 0.15) is 5.69 Å². The van der Waals surface area contributed by atoms with Crippen LogP contribution in [0.15, 0.2) is 34.2 Å². The van der Waals surface area contributed by atoms with E-state index in [2.05, 4.69) is 26.2 Å². The lowest BCUT2D eigenvalue weighted by molar-refractivity contribution is 0.102. The highest BCUT2D eigenvalue weighted by atomic mass is 79.9. The highest BCUT2D eigenvalue weighted by molar-refractivity contribution is 9.10. The number of rotatable bonds is 2. The van der Waals surface area contributed by atoms with Crippen molar-refractivity contribution >= 4 is 38.9 Å². The minimum absolute atomic E-state index is 0.170. The van der Waals surface area contributed by atoms with Gasteiger partial charge in [-0.3, -0.25) is 4.79 Å². The Morgan fingerprint density at radius 1 is 1.50 bits per heavy atom. The Morgan fingerprint density at radius 3 is 2.94 bits per heavy atom. The Morgan fingerprint density at radius 2 is 2.31 bits per heavy atom. The van der Waals surface area contributed by atoms with Crippen LogP contribution in [-0.4, -0.2) is 10.9 Å². The molecular formula is C11H9BrN2OS. The third-order valence-electron chi connectivity index (χ3n) is 2.04. The van der Waals surface area contributed by atoms with Crippen LogP contribution in [0.25, 0.3) is 0 Å². The third kappa shape index (κ3) is 2.48. The zero-order valence-electron chi connectivity index (χ0n) is 8.53. The molecule has 1 N–H and O–H groups in total. The largest absolute Gasteiger partial charge is 0.321 e. The van der Waals surface area contributed by atoms with Gasteiger partial charge >= 0.3 is 0 Å². The molecule has 82 valence electrons. The van der Waals surface area contributed by atoms with E-state index in [4.69, 9.17) is 0 Å². The highest BCUT2D eigenvalue weighted by Crippen LogP contribution is 2.17. The van der Waals surface area contributed by atoms with Crippen molar-refractivity contribution in [1.82, 2.24) is 4.98 Å². The van der Waals surface area contributed by atoms with Gasteiger partial charge in [-0.25, -0.2) is 4.98 Å². The maximum atomic E-state index is 11.8. The van der Waals surface area contributed by atoms with Crippen molar-refractivity contribution < 1.29 is 4.79 Å². The van der Waals surface area contributed by atoms with Gasteiger partial charge in [-0.15, -0.1) is 11.3 Å². The van der Waals surface area contributed by atoms with E-state index in [-0.39, 0.29) is 5.91 Å². The smallest absolute Gasteiger partial charge is 0.275 e. The van der Waals surface area contributed by atoms with Crippen LogP contribution >= 0.6 is 27.3 Å². The van der Waals surface area contributed by atoms with Gasteiger partial charge in [0, 0.05) is 15.0 Å². The second kappa shape index (κ2) is 4.76. The third-order valence-corrected chi connectivity index (χ3v) is 3.29. The van der Waals surface area contributed by atoms with Gasteiger partial charge in [0.2, 0.25) is 0 Å². The lowest BCUT2D eigenvalue weighted by Gasteiger charge is -2.03. The number of halogens is 1. The molecule has 0 spiro atoms. The standard InChI is InChI=1S/C11H9BrN2OS/c1-7-10(13-6-16-7)11(15)14-9-4-2-3-8(12)5-9/h2-6H,1H3,(H,14,15). The summed E-state index contributed by atoms with van der Waals surface area (Å²) in [7, 11) is 0. The molecule has 0 bridgehead atoms. The van der Waals surface area contributed by atoms with E-state index in [0.29, 0.717) is 5.69 Å². The summed E-state index contributed by atoms with van der Waals surface area (Å²) in [4.78, 5) is 16.8. The van der Waals surface area contributed by atoms with E-state index in [1.165, 1.54) is 11.3 Å². The number of carbonyl (C=O) groups excluding carboxylic acids is 1. The number of hydrogen-bond donors (Lipinski definition) is 1. The molecule has 0 aliphatic carbocycles. The molecule has 0 fully saturated rings. The van der Waals surface area contributed by atoms with Gasteiger partial charge in [0.05, 0.1) is 5.51 Å². The fourth-order valence-electron chi connectivity index (χ4n) is 1.28. The Hall–Kier alpha value is -1.20. The van der Waals surface area contributed by atoms with Crippen LogP contribution in [0.3, 0.4) is 0 Å². The van der Waals surface area contributed by atoms with E-state index in [1.807, 2.05) is 31.2 Å². The summed E-state index contributed by atoms with van der Waals surface area (Å²) < 4.78 is 0.931. The molecule has 0 aliphatic rings. The summed E-state index contributed by atoms with van der Waals surface area (Å²) in [6.45, 7) is 1.88. The average Bonchev–Trinajstić information content (AvgIpc) is 2.64. The molecule has 2 rings (SSSR count). The number of nitrogens with one attached hydrogen (secondary N) is 1. The molecule has 0 atom stereocenters. The number of benzene rings is 1. The Kier molecular flexibility index (Phi) is 3.36. The number of hydrogen-bond acceptors (Lipinski definition) is 3. The second-order valence-corrected chi connectivity index (χ2v) is 5.20. The fraction of sp³-hybridized carbons (Fsp3) is 0.0909. The quantitative estimate of drug-likeness (QED) is 0.922. The minimum Gasteiger partial charge on any atom is -0.321 e. The first-order valence-corrected chi connectivity index (χ1v) is 6.31. The van der Waals surface area contributed by atoms with Crippen molar-refractivity contribution in [3.63, 3.8) is 0 Å². The lowest BCUT2D eigenvalue weighted by atomic mass is 10.3. The van der Waals surface area contributed by atoms with E-state index in [9.17, 15) is 4.79 Å². The zero-order chi connectivity index (χ0) is 11.5. The van der Waals surface area contributed by atoms with Crippen LogP contribution in [0.5, 0.6) is 0 Å². The first-order chi connectivity index (χ1) is 7.66. The number of carbonyl (C=O) groups is 1. The fourth-order valence-corrected chi connectivity index (χ4v) is 2.25. The van der Waals surface area contributed by atoms with Crippen molar-refractivity contribution in [2.24, 2.45) is 0 Å². The Balaban J connectivity index is 2.17. The molecule has 1 heterocycles. The van der Waals surface area contributed by atoms with Crippen LogP contribution in [-0.2, 0) is 0 Å². The normalized spacial score (nSPS) is 10.1. The predicted octanol–water partition coefficient (Wildman–Crippen LogP) is 3.47. The summed E-state index contributed by atoms with van der Waals surface area (Å²) in [5.41, 5.74) is 2.92. The molecular weight excluding hydrogens is 288 g/mol. The highest BCUT2D eigenvalue weighted by Gasteiger charge is 2.11.